The molecule has 90 valence electrons. The highest BCUT2D eigenvalue weighted by atomic mass is 15.3. The number of aryl methyl sites for hydroxylation is 1. The molecule has 0 saturated heterocycles. The highest BCUT2D eigenvalue weighted by Gasteiger charge is 2.09. The molecule has 1 aromatic heterocycles. The standard InChI is InChI=1S/C15H15N3/c1-2-10-18-11-16-17-15(18)14-9-5-7-12-6-3-4-8-13(12)14/h3-9,11H,2,10H2,1H3. The average Bonchev–Trinajstić information content (AvgIpc) is 2.87. The first-order valence-electron chi connectivity index (χ1n) is 6.26. The first-order valence-corrected chi connectivity index (χ1v) is 6.26. The van der Waals surface area contributed by atoms with E-state index >= 15 is 0 Å². The molecule has 0 N–H and O–H groups in total. The Morgan fingerprint density at radius 2 is 1.89 bits per heavy atom. The van der Waals surface area contributed by atoms with Gasteiger partial charge < -0.3 is 4.57 Å². The maximum absolute atomic E-state index is 4.27. The molecule has 0 atom stereocenters. The fourth-order valence-corrected chi connectivity index (χ4v) is 2.29. The van der Waals surface area contributed by atoms with Crippen LogP contribution in [-0.2, 0) is 6.54 Å². The van der Waals surface area contributed by atoms with E-state index in [0.717, 1.165) is 24.4 Å². The van der Waals surface area contributed by atoms with Crippen molar-refractivity contribution in [2.75, 3.05) is 0 Å². The Bertz CT molecular complexity index is 665. The first kappa shape index (κ1) is 11.0. The summed E-state index contributed by atoms with van der Waals surface area (Å²) in [7, 11) is 0. The molecule has 3 aromatic rings. The molecule has 0 unspecified atom stereocenters. The molecule has 0 saturated carbocycles. The third-order valence-electron chi connectivity index (χ3n) is 3.11. The molecule has 3 rings (SSSR count). The van der Waals surface area contributed by atoms with Crippen molar-refractivity contribution in [3.05, 3.63) is 48.8 Å². The Morgan fingerprint density at radius 3 is 2.78 bits per heavy atom. The number of benzene rings is 2. The van der Waals surface area contributed by atoms with Gasteiger partial charge in [0.1, 0.15) is 6.33 Å². The van der Waals surface area contributed by atoms with Crippen LogP contribution in [0.15, 0.2) is 48.8 Å². The lowest BCUT2D eigenvalue weighted by atomic mass is 10.0. The van der Waals surface area contributed by atoms with Crippen molar-refractivity contribution in [2.24, 2.45) is 0 Å². The number of hydrogen-bond acceptors (Lipinski definition) is 2. The van der Waals surface area contributed by atoms with Crippen LogP contribution in [0.25, 0.3) is 22.2 Å². The smallest absolute Gasteiger partial charge is 0.164 e. The van der Waals surface area contributed by atoms with Crippen LogP contribution in [0.1, 0.15) is 13.3 Å². The van der Waals surface area contributed by atoms with E-state index in [0.29, 0.717) is 0 Å². The summed E-state index contributed by atoms with van der Waals surface area (Å²) >= 11 is 0. The van der Waals surface area contributed by atoms with Crippen LogP contribution in [0.2, 0.25) is 0 Å². The van der Waals surface area contributed by atoms with Crippen LogP contribution < -0.4 is 0 Å². The molecule has 0 aliphatic carbocycles. The van der Waals surface area contributed by atoms with Crippen molar-refractivity contribution in [2.45, 2.75) is 19.9 Å². The number of hydrogen-bond donors (Lipinski definition) is 0. The predicted molar refractivity (Wildman–Crippen MR) is 73.3 cm³/mol. The third-order valence-corrected chi connectivity index (χ3v) is 3.11. The summed E-state index contributed by atoms with van der Waals surface area (Å²) in [5, 5.41) is 10.8. The normalized spacial score (nSPS) is 10.9. The van der Waals surface area contributed by atoms with Crippen LogP contribution in [-0.4, -0.2) is 14.8 Å². The highest BCUT2D eigenvalue weighted by molar-refractivity contribution is 5.95. The van der Waals surface area contributed by atoms with E-state index in [1.807, 2.05) is 0 Å². The molecule has 0 radical (unpaired) electrons. The predicted octanol–water partition coefficient (Wildman–Crippen LogP) is 3.51. The number of nitrogens with zero attached hydrogens (tertiary/aromatic N) is 3. The van der Waals surface area contributed by atoms with Gasteiger partial charge in [0.05, 0.1) is 0 Å². The molecule has 0 amide bonds. The number of aromatic nitrogens is 3. The summed E-state index contributed by atoms with van der Waals surface area (Å²) < 4.78 is 2.11. The molecule has 1 heterocycles. The minimum atomic E-state index is 0.950. The van der Waals surface area contributed by atoms with Crippen molar-refractivity contribution >= 4 is 10.8 Å². The molecule has 2 aromatic carbocycles. The quantitative estimate of drug-likeness (QED) is 0.698. The van der Waals surface area contributed by atoms with Gasteiger partial charge in [-0.05, 0) is 17.2 Å². The first-order chi connectivity index (χ1) is 8.90. The van der Waals surface area contributed by atoms with Crippen LogP contribution in [0.4, 0.5) is 0 Å². The van der Waals surface area contributed by atoms with E-state index in [1.54, 1.807) is 6.33 Å². The highest BCUT2D eigenvalue weighted by Crippen LogP contribution is 2.26. The summed E-state index contributed by atoms with van der Waals surface area (Å²) in [5.74, 6) is 0.952. The van der Waals surface area contributed by atoms with Gasteiger partial charge in [-0.1, -0.05) is 49.4 Å². The van der Waals surface area contributed by atoms with Gasteiger partial charge in [0.25, 0.3) is 0 Å². The largest absolute Gasteiger partial charge is 0.314 e. The molecule has 0 spiro atoms. The molecular weight excluding hydrogens is 222 g/mol. The Labute approximate surface area is 106 Å². The molecule has 3 heteroatoms. The minimum Gasteiger partial charge on any atom is -0.314 e. The molecule has 3 nitrogen and oxygen atoms in total. The van der Waals surface area contributed by atoms with Crippen LogP contribution >= 0.6 is 0 Å². The van der Waals surface area contributed by atoms with Gasteiger partial charge in [-0.3, -0.25) is 0 Å². The zero-order chi connectivity index (χ0) is 12.4. The van der Waals surface area contributed by atoms with Gasteiger partial charge in [-0.2, -0.15) is 0 Å². The lowest BCUT2D eigenvalue weighted by Crippen LogP contribution is -1.98. The van der Waals surface area contributed by atoms with E-state index in [9.17, 15) is 0 Å². The average molecular weight is 237 g/mol. The van der Waals surface area contributed by atoms with Gasteiger partial charge in [0, 0.05) is 12.1 Å². The number of fused-ring (bicyclic) bond motifs is 1. The van der Waals surface area contributed by atoms with Crippen molar-refractivity contribution in [1.82, 2.24) is 14.8 Å². The van der Waals surface area contributed by atoms with E-state index < -0.39 is 0 Å². The summed E-state index contributed by atoms with van der Waals surface area (Å²) in [6.07, 6.45) is 2.89. The molecular formula is C15H15N3. The Kier molecular flexibility index (Phi) is 2.81. The van der Waals surface area contributed by atoms with Crippen LogP contribution in [0.3, 0.4) is 0 Å². The van der Waals surface area contributed by atoms with Crippen molar-refractivity contribution in [3.8, 4) is 11.4 Å². The lowest BCUT2D eigenvalue weighted by molar-refractivity contribution is 0.683. The zero-order valence-corrected chi connectivity index (χ0v) is 10.4. The van der Waals surface area contributed by atoms with E-state index in [-0.39, 0.29) is 0 Å². The van der Waals surface area contributed by atoms with Crippen molar-refractivity contribution in [1.29, 1.82) is 0 Å². The van der Waals surface area contributed by atoms with Crippen LogP contribution in [0, 0.1) is 0 Å². The van der Waals surface area contributed by atoms with Gasteiger partial charge in [-0.15, -0.1) is 10.2 Å². The summed E-state index contributed by atoms with van der Waals surface area (Å²) in [4.78, 5) is 0. The third kappa shape index (κ3) is 1.78. The Balaban J connectivity index is 2.22. The maximum Gasteiger partial charge on any atom is 0.164 e. The Morgan fingerprint density at radius 1 is 1.06 bits per heavy atom. The lowest BCUT2D eigenvalue weighted by Gasteiger charge is -2.07. The van der Waals surface area contributed by atoms with E-state index in [1.165, 1.54) is 10.8 Å². The second kappa shape index (κ2) is 4.61. The zero-order valence-electron chi connectivity index (χ0n) is 10.4. The van der Waals surface area contributed by atoms with Gasteiger partial charge >= 0.3 is 0 Å². The van der Waals surface area contributed by atoms with Gasteiger partial charge in [0.15, 0.2) is 5.82 Å². The van der Waals surface area contributed by atoms with Gasteiger partial charge in [0.2, 0.25) is 0 Å². The monoisotopic (exact) mass is 237 g/mol. The minimum absolute atomic E-state index is 0.950. The number of rotatable bonds is 3. The molecule has 0 bridgehead atoms. The topological polar surface area (TPSA) is 30.7 Å². The summed E-state index contributed by atoms with van der Waals surface area (Å²) in [5.41, 5.74) is 1.15. The van der Waals surface area contributed by atoms with E-state index in [4.69, 9.17) is 0 Å². The molecule has 0 aliphatic rings. The van der Waals surface area contributed by atoms with E-state index in [2.05, 4.69) is 64.2 Å². The fraction of sp³-hybridized carbons (Fsp3) is 0.200. The molecule has 18 heavy (non-hydrogen) atoms. The van der Waals surface area contributed by atoms with Crippen LogP contribution in [0.5, 0.6) is 0 Å². The van der Waals surface area contributed by atoms with Gasteiger partial charge in [-0.25, -0.2) is 0 Å². The summed E-state index contributed by atoms with van der Waals surface area (Å²) in [6, 6.07) is 14.7. The maximum atomic E-state index is 4.27. The Hall–Kier alpha value is -2.16. The molecule has 0 fully saturated rings. The summed E-state index contributed by atoms with van der Waals surface area (Å²) in [6.45, 7) is 3.11. The fourth-order valence-electron chi connectivity index (χ4n) is 2.29. The SMILES string of the molecule is CCCn1cnnc1-c1cccc2ccccc12. The second-order valence-electron chi connectivity index (χ2n) is 4.37. The van der Waals surface area contributed by atoms with Crippen molar-refractivity contribution in [3.63, 3.8) is 0 Å². The second-order valence-corrected chi connectivity index (χ2v) is 4.37. The molecule has 0 aliphatic heterocycles. The van der Waals surface area contributed by atoms with Crippen molar-refractivity contribution < 1.29 is 0 Å².